The maximum Gasteiger partial charge on any atom is 0.185 e. The number of ether oxygens (including phenoxy) is 1. The molecule has 5 aliphatic rings. The molecule has 0 aromatic heterocycles. The Hall–Kier alpha value is -3.35. The lowest BCUT2D eigenvalue weighted by Crippen LogP contribution is -2.57. The van der Waals surface area contributed by atoms with Crippen LogP contribution in [0.15, 0.2) is 72.8 Å². The molecule has 8 bridgehead atoms. The number of aryl methyl sites for hydroxylation is 1. The molecule has 3 aromatic carbocycles. The van der Waals surface area contributed by atoms with Crippen molar-refractivity contribution in [1.82, 2.24) is 0 Å². The van der Waals surface area contributed by atoms with Crippen molar-refractivity contribution in [2.45, 2.75) is 56.3 Å². The van der Waals surface area contributed by atoms with Crippen LogP contribution in [-0.4, -0.2) is 46.7 Å². The number of hydrogen-bond donors (Lipinski definition) is 3. The third-order valence-corrected chi connectivity index (χ3v) is 11.8. The van der Waals surface area contributed by atoms with E-state index in [0.29, 0.717) is 32.1 Å². The van der Waals surface area contributed by atoms with E-state index in [4.69, 9.17) is 4.74 Å². The molecule has 0 saturated heterocycles. The van der Waals surface area contributed by atoms with Gasteiger partial charge in [0.1, 0.15) is 5.78 Å². The van der Waals surface area contributed by atoms with Crippen LogP contribution in [0, 0.1) is 22.7 Å². The quantitative estimate of drug-likeness (QED) is 0.277. The average Bonchev–Trinajstić information content (AvgIpc) is 3.24. The molecule has 5 heteroatoms. The van der Waals surface area contributed by atoms with Crippen LogP contribution in [0.5, 0.6) is 0 Å². The Labute approximate surface area is 252 Å². The molecule has 0 heterocycles. The normalized spacial score (nSPS) is 35.7. The Morgan fingerprint density at radius 3 is 2.63 bits per heavy atom. The van der Waals surface area contributed by atoms with Crippen molar-refractivity contribution < 1.29 is 24.9 Å². The summed E-state index contributed by atoms with van der Waals surface area (Å²) in [6.07, 6.45) is 10.6. The highest BCUT2D eigenvalue weighted by Crippen LogP contribution is 2.76. The number of allylic oxidation sites excluding steroid dienone is 1. The molecule has 43 heavy (non-hydrogen) atoms. The fourth-order valence-electron chi connectivity index (χ4n) is 9.89. The second kappa shape index (κ2) is 9.33. The SMILES string of the molecule is C=C1C2C(CO)CC3(C(=O)CCc4cccc(c4)CC4c5cc6cc7c(cc6cc5C=CC4O)C=CCC13C7)C2(O)OC. The molecule has 7 unspecified atom stereocenters. The number of aliphatic hydroxyl groups excluding tert-OH is 2. The first kappa shape index (κ1) is 27.2. The van der Waals surface area contributed by atoms with E-state index in [0.717, 1.165) is 49.7 Å². The minimum Gasteiger partial charge on any atom is -0.396 e. The van der Waals surface area contributed by atoms with Gasteiger partial charge in [-0.05, 0) is 94.3 Å². The molecule has 220 valence electrons. The van der Waals surface area contributed by atoms with Crippen molar-refractivity contribution in [3.05, 3.63) is 106 Å². The van der Waals surface area contributed by atoms with Crippen molar-refractivity contribution in [2.75, 3.05) is 13.7 Å². The molecule has 7 atom stereocenters. The van der Waals surface area contributed by atoms with Crippen molar-refractivity contribution >= 4 is 28.7 Å². The topological polar surface area (TPSA) is 87.0 Å². The molecule has 3 aromatic rings. The van der Waals surface area contributed by atoms with Crippen molar-refractivity contribution in [1.29, 1.82) is 0 Å². The summed E-state index contributed by atoms with van der Waals surface area (Å²) in [4.78, 5) is 14.8. The maximum atomic E-state index is 14.8. The van der Waals surface area contributed by atoms with Crippen LogP contribution in [-0.2, 0) is 28.8 Å². The second-order valence-corrected chi connectivity index (χ2v) is 13.6. The highest BCUT2D eigenvalue weighted by molar-refractivity contribution is 5.92. The fraction of sp³-hybridized carbons (Fsp3) is 0.395. The summed E-state index contributed by atoms with van der Waals surface area (Å²) < 4.78 is 6.00. The van der Waals surface area contributed by atoms with Crippen LogP contribution in [0.3, 0.4) is 0 Å². The molecule has 0 amide bonds. The van der Waals surface area contributed by atoms with Gasteiger partial charge in [0.2, 0.25) is 0 Å². The monoisotopic (exact) mass is 574 g/mol. The van der Waals surface area contributed by atoms with E-state index in [2.05, 4.69) is 61.2 Å². The second-order valence-electron chi connectivity index (χ2n) is 13.6. The molecule has 5 nitrogen and oxygen atoms in total. The molecule has 2 saturated carbocycles. The first-order chi connectivity index (χ1) is 20.7. The van der Waals surface area contributed by atoms with Gasteiger partial charge in [-0.2, -0.15) is 0 Å². The molecule has 8 rings (SSSR count). The van der Waals surface area contributed by atoms with Crippen LogP contribution in [0.25, 0.3) is 22.9 Å². The third-order valence-electron chi connectivity index (χ3n) is 11.8. The predicted molar refractivity (Wildman–Crippen MR) is 167 cm³/mol. The van der Waals surface area contributed by atoms with Gasteiger partial charge in [-0.15, -0.1) is 0 Å². The van der Waals surface area contributed by atoms with Gasteiger partial charge in [-0.25, -0.2) is 0 Å². The Morgan fingerprint density at radius 2 is 1.81 bits per heavy atom. The highest BCUT2D eigenvalue weighted by atomic mass is 16.6. The summed E-state index contributed by atoms with van der Waals surface area (Å²) in [5, 5.41) is 36.3. The number of methoxy groups -OCH3 is 1. The highest BCUT2D eigenvalue weighted by Gasteiger charge is 2.81. The van der Waals surface area contributed by atoms with Crippen LogP contribution in [0.1, 0.15) is 58.6 Å². The fourth-order valence-corrected chi connectivity index (χ4v) is 9.89. The van der Waals surface area contributed by atoms with Gasteiger partial charge < -0.3 is 20.1 Å². The number of rotatable bonds is 2. The minimum absolute atomic E-state index is 0.0219. The molecule has 3 N–H and O–H groups in total. The number of ketones is 1. The zero-order valence-corrected chi connectivity index (χ0v) is 24.6. The Balaban J connectivity index is 1.39. The van der Waals surface area contributed by atoms with E-state index < -0.39 is 28.6 Å². The lowest BCUT2D eigenvalue weighted by molar-refractivity contribution is -0.256. The standard InChI is InChI=1S/C38H38O5/c1-22-35-30(21-39)20-37(38(35,42)43-2)34(41)11-8-23-5-3-6-24(13-23)14-32-31-18-28-17-29-19-36(22,37)12-4-7-25(29)15-27(28)16-26(31)9-10-33(32)40/h3-7,9-10,13,15-18,30,32-33,35,39-40,42H,1,8,11-12,14,19-21H2,2H3. The predicted octanol–water partition coefficient (Wildman–Crippen LogP) is 5.53. The van der Waals surface area contributed by atoms with Gasteiger partial charge in [-0.1, -0.05) is 72.9 Å². The summed E-state index contributed by atoms with van der Waals surface area (Å²) >= 11 is 0. The summed E-state index contributed by atoms with van der Waals surface area (Å²) in [6, 6.07) is 17.3. The number of fused-ring (bicyclic) bond motifs is 3. The van der Waals surface area contributed by atoms with Gasteiger partial charge in [0.05, 0.1) is 11.5 Å². The molecular weight excluding hydrogens is 536 g/mol. The molecule has 0 aliphatic heterocycles. The number of benzene rings is 3. The van der Waals surface area contributed by atoms with E-state index in [1.807, 2.05) is 18.2 Å². The van der Waals surface area contributed by atoms with Gasteiger partial charge in [0.25, 0.3) is 0 Å². The Bertz CT molecular complexity index is 1770. The molecule has 2 spiro atoms. The summed E-state index contributed by atoms with van der Waals surface area (Å²) in [7, 11) is 1.49. The Kier molecular flexibility index (Phi) is 5.90. The zero-order chi connectivity index (χ0) is 29.7. The Morgan fingerprint density at radius 1 is 1.02 bits per heavy atom. The number of aliphatic hydroxyl groups is 3. The number of carbonyl (C=O) groups excluding carboxylic acids is 1. The van der Waals surface area contributed by atoms with Crippen molar-refractivity contribution in [2.24, 2.45) is 22.7 Å². The lowest BCUT2D eigenvalue weighted by Gasteiger charge is -2.50. The number of hydrogen-bond acceptors (Lipinski definition) is 5. The van der Waals surface area contributed by atoms with E-state index in [1.54, 1.807) is 0 Å². The van der Waals surface area contributed by atoms with E-state index >= 15 is 0 Å². The zero-order valence-electron chi connectivity index (χ0n) is 24.6. The van der Waals surface area contributed by atoms with Crippen LogP contribution in [0.4, 0.5) is 0 Å². The first-order valence-corrected chi connectivity index (χ1v) is 15.6. The molecular formula is C38H38O5. The summed E-state index contributed by atoms with van der Waals surface area (Å²) in [6.45, 7) is 4.46. The lowest BCUT2D eigenvalue weighted by atomic mass is 9.53. The largest absolute Gasteiger partial charge is 0.396 e. The van der Waals surface area contributed by atoms with Crippen LogP contribution in [0.2, 0.25) is 0 Å². The maximum absolute atomic E-state index is 14.8. The van der Waals surface area contributed by atoms with Crippen LogP contribution < -0.4 is 0 Å². The first-order valence-electron chi connectivity index (χ1n) is 15.6. The van der Waals surface area contributed by atoms with E-state index in [1.165, 1.54) is 7.11 Å². The van der Waals surface area contributed by atoms with Crippen molar-refractivity contribution in [3.63, 3.8) is 0 Å². The van der Waals surface area contributed by atoms with Gasteiger partial charge >= 0.3 is 0 Å². The molecule has 0 radical (unpaired) electrons. The number of carbonyl (C=O) groups is 1. The third kappa shape index (κ3) is 3.45. The minimum atomic E-state index is -1.74. The van der Waals surface area contributed by atoms with E-state index in [9.17, 15) is 20.1 Å². The van der Waals surface area contributed by atoms with Crippen LogP contribution >= 0.6 is 0 Å². The smallest absolute Gasteiger partial charge is 0.185 e. The summed E-state index contributed by atoms with van der Waals surface area (Å²) in [5.74, 6) is -2.67. The van der Waals surface area contributed by atoms with Crippen molar-refractivity contribution in [3.8, 4) is 0 Å². The average molecular weight is 575 g/mol. The van der Waals surface area contributed by atoms with Gasteiger partial charge in [0, 0.05) is 37.4 Å². The molecule has 5 aliphatic carbocycles. The number of Topliss-reactive ketones (excluding diaryl/α,β-unsaturated/α-hetero) is 1. The van der Waals surface area contributed by atoms with E-state index in [-0.39, 0.29) is 30.6 Å². The van der Waals surface area contributed by atoms with Gasteiger partial charge in [0.15, 0.2) is 5.79 Å². The summed E-state index contributed by atoms with van der Waals surface area (Å²) in [5.41, 5.74) is 5.50. The van der Waals surface area contributed by atoms with Gasteiger partial charge in [-0.3, -0.25) is 4.79 Å². The molecule has 2 fully saturated rings.